The Kier molecular flexibility index (Phi) is 8.78. The third-order valence-electron chi connectivity index (χ3n) is 5.15. The van der Waals surface area contributed by atoms with Gasteiger partial charge < -0.3 is 21.1 Å². The van der Waals surface area contributed by atoms with Crippen LogP contribution in [0.4, 0.5) is 32.3 Å². The average molecular weight is 491 g/mol. The lowest BCUT2D eigenvalue weighted by Gasteiger charge is -2.20. The molecule has 0 aliphatic carbocycles. The Morgan fingerprint density at radius 3 is 2.61 bits per heavy atom. The van der Waals surface area contributed by atoms with Gasteiger partial charge in [0, 0.05) is 30.5 Å². The molecule has 36 heavy (non-hydrogen) atoms. The van der Waals surface area contributed by atoms with Crippen LogP contribution in [0.1, 0.15) is 31.4 Å². The highest BCUT2D eigenvalue weighted by molar-refractivity contribution is 5.96. The fourth-order valence-electron chi connectivity index (χ4n) is 3.01. The Morgan fingerprint density at radius 1 is 1.14 bits per heavy atom. The second-order valence-electron chi connectivity index (χ2n) is 7.91. The van der Waals surface area contributed by atoms with Crippen LogP contribution in [0.15, 0.2) is 54.7 Å². The number of carbonyl (C=O) groups excluding carboxylic acids is 1. The van der Waals surface area contributed by atoms with E-state index in [2.05, 4.69) is 37.8 Å². The number of hydrogen-bond acceptors (Lipinski definition) is 6. The van der Waals surface area contributed by atoms with Crippen molar-refractivity contribution < 1.29 is 19.1 Å². The van der Waals surface area contributed by atoms with Crippen LogP contribution in [0.5, 0.6) is 0 Å². The fourth-order valence-corrected chi connectivity index (χ4v) is 3.01. The highest BCUT2D eigenvalue weighted by Gasteiger charge is 2.21. The molecule has 10 heteroatoms. The molecule has 3 rings (SSSR count). The van der Waals surface area contributed by atoms with E-state index in [4.69, 9.17) is 5.11 Å². The first-order chi connectivity index (χ1) is 17.3. The molecule has 3 aromatic rings. The Labute approximate surface area is 208 Å². The molecule has 0 fully saturated rings. The lowest BCUT2D eigenvalue weighted by molar-refractivity contribution is -0.119. The first kappa shape index (κ1) is 26.0. The Morgan fingerprint density at radius 2 is 1.89 bits per heavy atom. The second kappa shape index (κ2) is 12.2. The van der Waals surface area contributed by atoms with Crippen LogP contribution in [0.25, 0.3) is 0 Å². The number of amides is 2. The summed E-state index contributed by atoms with van der Waals surface area (Å²) in [6.07, 6.45) is 1.26. The van der Waals surface area contributed by atoms with Crippen molar-refractivity contribution in [3.8, 4) is 11.8 Å². The largest absolute Gasteiger partial charge is 0.465 e. The van der Waals surface area contributed by atoms with Crippen LogP contribution in [-0.2, 0) is 4.79 Å². The molecule has 1 atom stereocenters. The van der Waals surface area contributed by atoms with Gasteiger partial charge in [0.2, 0.25) is 11.9 Å². The Balaban J connectivity index is 1.79. The minimum absolute atomic E-state index is 0.301. The molecule has 2 amide bonds. The minimum Gasteiger partial charge on any atom is -0.465 e. The molecule has 1 unspecified atom stereocenters. The van der Waals surface area contributed by atoms with Gasteiger partial charge in [-0.3, -0.25) is 9.69 Å². The molecular formula is C26H27FN6O3. The van der Waals surface area contributed by atoms with E-state index in [1.807, 2.05) is 6.92 Å². The van der Waals surface area contributed by atoms with E-state index < -0.39 is 18.0 Å². The topological polar surface area (TPSA) is 119 Å². The maximum atomic E-state index is 13.5. The van der Waals surface area contributed by atoms with Gasteiger partial charge in [-0.25, -0.2) is 14.2 Å². The van der Waals surface area contributed by atoms with Gasteiger partial charge in [-0.05, 0) is 49.7 Å². The number of hydrogen-bond donors (Lipinski definition) is 4. The van der Waals surface area contributed by atoms with E-state index in [0.717, 1.165) is 11.3 Å². The molecule has 0 bridgehead atoms. The normalized spacial score (nSPS) is 11.0. The Hall–Kier alpha value is -4.65. The molecule has 9 nitrogen and oxygen atoms in total. The monoisotopic (exact) mass is 490 g/mol. The van der Waals surface area contributed by atoms with Gasteiger partial charge in [0.15, 0.2) is 0 Å². The molecule has 1 heterocycles. The van der Waals surface area contributed by atoms with Gasteiger partial charge in [-0.15, -0.1) is 0 Å². The van der Waals surface area contributed by atoms with E-state index in [-0.39, 0.29) is 5.82 Å². The van der Waals surface area contributed by atoms with E-state index in [0.29, 0.717) is 40.8 Å². The van der Waals surface area contributed by atoms with Gasteiger partial charge in [-0.2, -0.15) is 4.98 Å². The zero-order chi connectivity index (χ0) is 26.1. The van der Waals surface area contributed by atoms with Crippen molar-refractivity contribution in [1.82, 2.24) is 14.9 Å². The Bertz CT molecular complexity index is 1300. The van der Waals surface area contributed by atoms with Crippen molar-refractivity contribution in [1.29, 1.82) is 0 Å². The quantitative estimate of drug-likeness (QED) is 0.343. The molecule has 0 saturated heterocycles. The number of carboxylic acid groups (broad SMARTS) is 1. The van der Waals surface area contributed by atoms with Crippen LogP contribution in [0, 0.1) is 17.7 Å². The number of anilines is 4. The van der Waals surface area contributed by atoms with Gasteiger partial charge in [-0.1, -0.05) is 30.9 Å². The van der Waals surface area contributed by atoms with E-state index >= 15 is 0 Å². The number of nitrogens with zero attached hydrogens (tertiary/aromatic N) is 3. The van der Waals surface area contributed by atoms with Crippen LogP contribution >= 0.6 is 0 Å². The van der Waals surface area contributed by atoms with Gasteiger partial charge >= 0.3 is 6.09 Å². The van der Waals surface area contributed by atoms with Gasteiger partial charge in [0.05, 0.1) is 11.8 Å². The number of halogens is 1. The SMILES string of the molecule is CCCNc1nc(Nc2cccc(F)c2)ncc1C#Cc1cccc(NC(=O)C(C)N(C)C(=O)O)c1. The molecule has 0 aliphatic rings. The maximum Gasteiger partial charge on any atom is 0.407 e. The third-order valence-corrected chi connectivity index (χ3v) is 5.15. The molecule has 186 valence electrons. The summed E-state index contributed by atoms with van der Waals surface area (Å²) in [5.74, 6) is 6.11. The summed E-state index contributed by atoms with van der Waals surface area (Å²) < 4.78 is 13.5. The predicted molar refractivity (Wildman–Crippen MR) is 137 cm³/mol. The molecule has 2 aromatic carbocycles. The summed E-state index contributed by atoms with van der Waals surface area (Å²) in [5.41, 5.74) is 2.22. The lowest BCUT2D eigenvalue weighted by Crippen LogP contribution is -2.42. The van der Waals surface area contributed by atoms with Crippen molar-refractivity contribution in [2.24, 2.45) is 0 Å². The lowest BCUT2D eigenvalue weighted by atomic mass is 10.1. The minimum atomic E-state index is -1.19. The number of nitrogens with one attached hydrogen (secondary N) is 3. The predicted octanol–water partition coefficient (Wildman–Crippen LogP) is 4.52. The number of rotatable bonds is 8. The number of likely N-dealkylation sites (N-methyl/N-ethyl adjacent to an activating group) is 1. The standard InChI is InChI=1S/C26H27FN6O3/c1-4-13-28-23-19(16-29-25(32-23)31-22-10-6-8-20(27)15-22)12-11-18-7-5-9-21(14-18)30-24(34)17(2)33(3)26(35)36/h5-10,14-17H,4,13H2,1-3H3,(H,30,34)(H,35,36)(H2,28,29,31,32). The summed E-state index contributed by atoms with van der Waals surface area (Å²) in [6.45, 7) is 4.21. The smallest absolute Gasteiger partial charge is 0.407 e. The molecule has 0 spiro atoms. The zero-order valence-electron chi connectivity index (χ0n) is 20.2. The first-order valence-corrected chi connectivity index (χ1v) is 11.3. The van der Waals surface area contributed by atoms with E-state index in [9.17, 15) is 14.0 Å². The van der Waals surface area contributed by atoms with Crippen LogP contribution in [-0.4, -0.2) is 51.6 Å². The average Bonchev–Trinajstić information content (AvgIpc) is 2.86. The highest BCUT2D eigenvalue weighted by Crippen LogP contribution is 2.18. The molecular weight excluding hydrogens is 463 g/mol. The first-order valence-electron chi connectivity index (χ1n) is 11.3. The fraction of sp³-hybridized carbons (Fsp3) is 0.231. The van der Waals surface area contributed by atoms with E-state index in [1.54, 1.807) is 42.6 Å². The summed E-state index contributed by atoms with van der Waals surface area (Å²) in [7, 11) is 1.33. The number of benzene rings is 2. The van der Waals surface area contributed by atoms with Gasteiger partial charge in [0.1, 0.15) is 17.7 Å². The van der Waals surface area contributed by atoms with Crippen molar-refractivity contribution in [3.63, 3.8) is 0 Å². The molecule has 0 saturated carbocycles. The molecule has 4 N–H and O–H groups in total. The number of carbonyl (C=O) groups is 2. The van der Waals surface area contributed by atoms with Crippen LogP contribution in [0.2, 0.25) is 0 Å². The second-order valence-corrected chi connectivity index (χ2v) is 7.91. The maximum absolute atomic E-state index is 13.5. The van der Waals surface area contributed by atoms with Crippen LogP contribution in [0.3, 0.4) is 0 Å². The van der Waals surface area contributed by atoms with Crippen molar-refractivity contribution >= 4 is 35.1 Å². The molecule has 1 aromatic heterocycles. The zero-order valence-corrected chi connectivity index (χ0v) is 20.2. The van der Waals surface area contributed by atoms with Crippen molar-refractivity contribution in [3.05, 3.63) is 71.7 Å². The molecule has 0 radical (unpaired) electrons. The third kappa shape index (κ3) is 7.17. The molecule has 0 aliphatic heterocycles. The number of aromatic nitrogens is 2. The van der Waals surface area contributed by atoms with Crippen molar-refractivity contribution in [2.75, 3.05) is 29.5 Å². The van der Waals surface area contributed by atoms with Crippen molar-refractivity contribution in [2.45, 2.75) is 26.3 Å². The summed E-state index contributed by atoms with van der Waals surface area (Å²) in [5, 5.41) is 18.0. The summed E-state index contributed by atoms with van der Waals surface area (Å²) in [6, 6.07) is 12.1. The summed E-state index contributed by atoms with van der Waals surface area (Å²) in [4.78, 5) is 33.2. The highest BCUT2D eigenvalue weighted by atomic mass is 19.1. The van der Waals surface area contributed by atoms with Gasteiger partial charge in [0.25, 0.3) is 0 Å². The summed E-state index contributed by atoms with van der Waals surface area (Å²) >= 11 is 0. The van der Waals surface area contributed by atoms with Crippen LogP contribution < -0.4 is 16.0 Å². The van der Waals surface area contributed by atoms with E-state index in [1.165, 1.54) is 26.1 Å².